The molecule has 1 atom stereocenters. The summed E-state index contributed by atoms with van der Waals surface area (Å²) in [5.74, 6) is 0.784. The van der Waals surface area contributed by atoms with Crippen LogP contribution in [0.4, 0.5) is 0 Å². The van der Waals surface area contributed by atoms with Crippen LogP contribution in [0.25, 0.3) is 0 Å². The van der Waals surface area contributed by atoms with E-state index in [0.717, 1.165) is 17.1 Å². The van der Waals surface area contributed by atoms with E-state index < -0.39 is 12.0 Å². The van der Waals surface area contributed by atoms with Gasteiger partial charge in [0.15, 0.2) is 11.5 Å². The minimum absolute atomic E-state index is 0.328. The van der Waals surface area contributed by atoms with Gasteiger partial charge in [-0.1, -0.05) is 0 Å². The molecular formula is C12H15NO4S. The molecule has 1 heterocycles. The van der Waals surface area contributed by atoms with Gasteiger partial charge in [0.25, 0.3) is 0 Å². The molecular weight excluding hydrogens is 254 g/mol. The highest BCUT2D eigenvalue weighted by atomic mass is 32.2. The van der Waals surface area contributed by atoms with Crippen LogP contribution in [0.5, 0.6) is 11.5 Å². The molecule has 1 unspecified atom stereocenters. The van der Waals surface area contributed by atoms with E-state index in [1.54, 1.807) is 0 Å². The number of nitrogens with two attached hydrogens (primary N) is 1. The molecule has 0 saturated carbocycles. The highest BCUT2D eigenvalue weighted by molar-refractivity contribution is 7.99. The molecule has 1 aliphatic heterocycles. The molecule has 5 nitrogen and oxygen atoms in total. The van der Waals surface area contributed by atoms with Gasteiger partial charge in [-0.25, -0.2) is 0 Å². The standard InChI is InChI=1S/C12H15NO4S/c13-9(12(14)15)7-18-8-2-3-10-11(6-8)17-5-1-4-16-10/h2-3,6,9H,1,4-5,7,13H2,(H,14,15). The number of carboxylic acid groups (broad SMARTS) is 1. The van der Waals surface area contributed by atoms with E-state index in [4.69, 9.17) is 20.3 Å². The van der Waals surface area contributed by atoms with Crippen molar-refractivity contribution in [3.63, 3.8) is 0 Å². The SMILES string of the molecule is NC(CSc1ccc2c(c1)OCCCO2)C(=O)O. The number of benzene rings is 1. The molecule has 0 aliphatic carbocycles. The summed E-state index contributed by atoms with van der Waals surface area (Å²) >= 11 is 1.40. The van der Waals surface area contributed by atoms with Crippen molar-refractivity contribution in [3.05, 3.63) is 18.2 Å². The van der Waals surface area contributed by atoms with Crippen molar-refractivity contribution in [2.45, 2.75) is 17.4 Å². The van der Waals surface area contributed by atoms with E-state index in [2.05, 4.69) is 0 Å². The van der Waals surface area contributed by atoms with Crippen molar-refractivity contribution >= 4 is 17.7 Å². The van der Waals surface area contributed by atoms with Crippen LogP contribution >= 0.6 is 11.8 Å². The van der Waals surface area contributed by atoms with Crippen molar-refractivity contribution in [1.29, 1.82) is 0 Å². The fourth-order valence-corrected chi connectivity index (χ4v) is 2.36. The average Bonchev–Trinajstić information content (AvgIpc) is 2.60. The zero-order chi connectivity index (χ0) is 13.0. The third-order valence-electron chi connectivity index (χ3n) is 2.47. The first-order valence-corrected chi connectivity index (χ1v) is 6.66. The Morgan fingerprint density at radius 2 is 2.11 bits per heavy atom. The third kappa shape index (κ3) is 3.30. The number of fused-ring (bicyclic) bond motifs is 1. The number of hydrogen-bond donors (Lipinski definition) is 2. The fraction of sp³-hybridized carbons (Fsp3) is 0.417. The molecule has 0 aromatic heterocycles. The molecule has 0 fully saturated rings. The van der Waals surface area contributed by atoms with E-state index in [-0.39, 0.29) is 0 Å². The van der Waals surface area contributed by atoms with Gasteiger partial charge in [-0.3, -0.25) is 4.79 Å². The summed E-state index contributed by atoms with van der Waals surface area (Å²) in [5, 5.41) is 8.71. The number of ether oxygens (including phenoxy) is 2. The van der Waals surface area contributed by atoms with Gasteiger partial charge in [-0.15, -0.1) is 11.8 Å². The number of thioether (sulfide) groups is 1. The molecule has 1 aromatic carbocycles. The van der Waals surface area contributed by atoms with Gasteiger partial charge in [-0.05, 0) is 18.2 Å². The Kier molecular flexibility index (Phi) is 4.33. The molecule has 1 aromatic rings. The van der Waals surface area contributed by atoms with Crippen LogP contribution in [0.1, 0.15) is 6.42 Å². The Morgan fingerprint density at radius 3 is 2.83 bits per heavy atom. The molecule has 3 N–H and O–H groups in total. The predicted octanol–water partition coefficient (Wildman–Crippen LogP) is 1.35. The minimum Gasteiger partial charge on any atom is -0.490 e. The van der Waals surface area contributed by atoms with Gasteiger partial charge in [0.05, 0.1) is 13.2 Å². The number of rotatable bonds is 4. The van der Waals surface area contributed by atoms with Gasteiger partial charge < -0.3 is 20.3 Å². The quantitative estimate of drug-likeness (QED) is 0.803. The summed E-state index contributed by atoms with van der Waals surface area (Å²) in [4.78, 5) is 11.5. The molecule has 0 bridgehead atoms. The maximum absolute atomic E-state index is 10.6. The molecule has 2 rings (SSSR count). The van der Waals surface area contributed by atoms with Gasteiger partial charge >= 0.3 is 5.97 Å². The lowest BCUT2D eigenvalue weighted by Gasteiger charge is -2.10. The molecule has 0 radical (unpaired) electrons. The van der Waals surface area contributed by atoms with Crippen LogP contribution in [0, 0.1) is 0 Å². The largest absolute Gasteiger partial charge is 0.490 e. The van der Waals surface area contributed by atoms with Crippen LogP contribution < -0.4 is 15.2 Å². The highest BCUT2D eigenvalue weighted by Gasteiger charge is 2.14. The summed E-state index contributed by atoms with van der Waals surface area (Å²) in [6.45, 7) is 1.29. The molecule has 0 spiro atoms. The number of aliphatic carboxylic acids is 1. The van der Waals surface area contributed by atoms with Crippen molar-refractivity contribution in [1.82, 2.24) is 0 Å². The first-order chi connectivity index (χ1) is 8.66. The Labute approximate surface area is 109 Å². The zero-order valence-corrected chi connectivity index (χ0v) is 10.6. The minimum atomic E-state index is -0.989. The van der Waals surface area contributed by atoms with Crippen molar-refractivity contribution in [2.75, 3.05) is 19.0 Å². The normalized spacial score (nSPS) is 15.8. The Balaban J connectivity index is 2.02. The van der Waals surface area contributed by atoms with E-state index in [9.17, 15) is 4.79 Å². The first kappa shape index (κ1) is 13.0. The van der Waals surface area contributed by atoms with Gasteiger partial charge in [0.2, 0.25) is 0 Å². The van der Waals surface area contributed by atoms with Crippen LogP contribution in [0.2, 0.25) is 0 Å². The van der Waals surface area contributed by atoms with Gasteiger partial charge in [0.1, 0.15) is 6.04 Å². The summed E-state index contributed by atoms with van der Waals surface area (Å²) in [7, 11) is 0. The van der Waals surface area contributed by atoms with Crippen LogP contribution in [-0.2, 0) is 4.79 Å². The summed E-state index contributed by atoms with van der Waals surface area (Å²) in [6.07, 6.45) is 0.862. The monoisotopic (exact) mass is 269 g/mol. The van der Waals surface area contributed by atoms with Crippen LogP contribution in [-0.4, -0.2) is 36.1 Å². The first-order valence-electron chi connectivity index (χ1n) is 5.67. The van der Waals surface area contributed by atoms with Crippen LogP contribution in [0.3, 0.4) is 0 Å². The number of carbonyl (C=O) groups is 1. The van der Waals surface area contributed by atoms with Crippen molar-refractivity contribution < 1.29 is 19.4 Å². The second kappa shape index (κ2) is 5.97. The Bertz CT molecular complexity index is 438. The second-order valence-corrected chi connectivity index (χ2v) is 5.01. The lowest BCUT2D eigenvalue weighted by atomic mass is 10.3. The summed E-state index contributed by atoms with van der Waals surface area (Å²) < 4.78 is 11.1. The maximum Gasteiger partial charge on any atom is 0.321 e. The van der Waals surface area contributed by atoms with E-state index >= 15 is 0 Å². The fourth-order valence-electron chi connectivity index (χ4n) is 1.49. The maximum atomic E-state index is 10.6. The Hall–Kier alpha value is -1.40. The van der Waals surface area contributed by atoms with Crippen molar-refractivity contribution in [3.8, 4) is 11.5 Å². The van der Waals surface area contributed by atoms with Gasteiger partial charge in [-0.2, -0.15) is 0 Å². The molecule has 18 heavy (non-hydrogen) atoms. The summed E-state index contributed by atoms with van der Waals surface area (Å²) in [6, 6.07) is 4.73. The summed E-state index contributed by atoms with van der Waals surface area (Å²) in [5.41, 5.74) is 5.45. The Morgan fingerprint density at radius 1 is 1.39 bits per heavy atom. The van der Waals surface area contributed by atoms with Crippen molar-refractivity contribution in [2.24, 2.45) is 5.73 Å². The average molecular weight is 269 g/mol. The lowest BCUT2D eigenvalue weighted by molar-refractivity contribution is -0.137. The predicted molar refractivity (Wildman–Crippen MR) is 68.4 cm³/mol. The molecule has 0 saturated heterocycles. The molecule has 98 valence electrons. The highest BCUT2D eigenvalue weighted by Crippen LogP contribution is 2.33. The second-order valence-electron chi connectivity index (χ2n) is 3.91. The van der Waals surface area contributed by atoms with E-state index in [0.29, 0.717) is 24.7 Å². The third-order valence-corrected chi connectivity index (χ3v) is 3.58. The zero-order valence-electron chi connectivity index (χ0n) is 9.80. The molecule has 0 amide bonds. The van der Waals surface area contributed by atoms with E-state index in [1.807, 2.05) is 18.2 Å². The van der Waals surface area contributed by atoms with E-state index in [1.165, 1.54) is 11.8 Å². The van der Waals surface area contributed by atoms with Gasteiger partial charge in [0, 0.05) is 17.1 Å². The number of hydrogen-bond acceptors (Lipinski definition) is 5. The van der Waals surface area contributed by atoms with Crippen LogP contribution in [0.15, 0.2) is 23.1 Å². The topological polar surface area (TPSA) is 81.8 Å². The molecule has 1 aliphatic rings. The smallest absolute Gasteiger partial charge is 0.321 e. The lowest BCUT2D eigenvalue weighted by Crippen LogP contribution is -2.32. The molecule has 6 heteroatoms. The number of carboxylic acids is 1.